The predicted octanol–water partition coefficient (Wildman–Crippen LogP) is 2.39. The quantitative estimate of drug-likeness (QED) is 0.780. The average molecular weight is 306 g/mol. The van der Waals surface area contributed by atoms with Crippen molar-refractivity contribution >= 4 is 38.0 Å². The first kappa shape index (κ1) is 12.9. The van der Waals surface area contributed by atoms with Crippen LogP contribution in [-0.2, 0) is 10.0 Å². The summed E-state index contributed by atoms with van der Waals surface area (Å²) in [4.78, 5) is 14.5. The fraction of sp³-hybridized carbons (Fsp3) is 0. The molecule has 0 atom stereocenters. The highest BCUT2D eigenvalue weighted by Crippen LogP contribution is 2.20. The van der Waals surface area contributed by atoms with Crippen molar-refractivity contribution < 1.29 is 8.42 Å². The van der Waals surface area contributed by atoms with E-state index in [2.05, 4.69) is 9.71 Å². The van der Waals surface area contributed by atoms with Gasteiger partial charge in [-0.05, 0) is 23.6 Å². The molecule has 0 amide bonds. The van der Waals surface area contributed by atoms with Crippen LogP contribution in [-0.4, -0.2) is 13.4 Å². The highest BCUT2D eigenvalue weighted by atomic mass is 32.2. The fourth-order valence-corrected chi connectivity index (χ4v) is 3.88. The predicted molar refractivity (Wildman–Crippen MR) is 79.7 cm³/mol. The largest absolute Gasteiger partial charge is 0.320 e. The SMILES string of the molecule is O=c1[nH]c2ccccc2cc1NS(=O)(=O)c1cccs1. The van der Waals surface area contributed by atoms with E-state index in [9.17, 15) is 13.2 Å². The van der Waals surface area contributed by atoms with Crippen molar-refractivity contribution in [2.45, 2.75) is 4.21 Å². The van der Waals surface area contributed by atoms with Gasteiger partial charge in [-0.15, -0.1) is 11.3 Å². The number of nitrogens with one attached hydrogen (secondary N) is 2. The highest BCUT2D eigenvalue weighted by molar-refractivity contribution is 7.94. The third-order valence-electron chi connectivity index (χ3n) is 2.76. The lowest BCUT2D eigenvalue weighted by molar-refractivity contribution is 0.603. The smallest absolute Gasteiger partial charge is 0.272 e. The molecule has 0 unspecified atom stereocenters. The number of hydrogen-bond acceptors (Lipinski definition) is 4. The van der Waals surface area contributed by atoms with Crippen LogP contribution in [0.25, 0.3) is 10.9 Å². The molecule has 0 spiro atoms. The van der Waals surface area contributed by atoms with Crippen molar-refractivity contribution in [3.8, 4) is 0 Å². The maximum absolute atomic E-state index is 12.1. The molecular weight excluding hydrogens is 296 g/mol. The third-order valence-corrected chi connectivity index (χ3v) is 5.52. The number of aromatic nitrogens is 1. The van der Waals surface area contributed by atoms with E-state index in [4.69, 9.17) is 0 Å². The molecule has 2 heterocycles. The van der Waals surface area contributed by atoms with Gasteiger partial charge < -0.3 is 4.98 Å². The number of thiophene rings is 1. The minimum absolute atomic E-state index is 0.0112. The molecule has 3 rings (SSSR count). The lowest BCUT2D eigenvalue weighted by Gasteiger charge is -2.06. The van der Waals surface area contributed by atoms with E-state index in [1.165, 1.54) is 12.1 Å². The highest BCUT2D eigenvalue weighted by Gasteiger charge is 2.17. The number of para-hydroxylation sites is 1. The Labute approximate surface area is 119 Å². The Hall–Kier alpha value is -2.12. The normalized spacial score (nSPS) is 11.6. The second kappa shape index (κ2) is 4.77. The molecule has 0 aliphatic carbocycles. The van der Waals surface area contributed by atoms with E-state index in [1.807, 2.05) is 6.07 Å². The Kier molecular flexibility index (Phi) is 3.07. The fourth-order valence-electron chi connectivity index (χ4n) is 1.83. The van der Waals surface area contributed by atoms with E-state index in [0.29, 0.717) is 5.52 Å². The summed E-state index contributed by atoms with van der Waals surface area (Å²) < 4.78 is 26.7. The van der Waals surface area contributed by atoms with Gasteiger partial charge in [0.1, 0.15) is 9.90 Å². The maximum atomic E-state index is 12.1. The molecule has 0 aliphatic rings. The number of H-pyrrole nitrogens is 1. The summed E-state index contributed by atoms with van der Waals surface area (Å²) in [6, 6.07) is 11.8. The van der Waals surface area contributed by atoms with Crippen LogP contribution < -0.4 is 10.3 Å². The summed E-state index contributed by atoms with van der Waals surface area (Å²) in [5, 5.41) is 2.43. The van der Waals surface area contributed by atoms with Crippen LogP contribution in [0.5, 0.6) is 0 Å². The van der Waals surface area contributed by atoms with E-state index in [1.54, 1.807) is 29.6 Å². The van der Waals surface area contributed by atoms with E-state index in [-0.39, 0.29) is 9.90 Å². The minimum Gasteiger partial charge on any atom is -0.320 e. The van der Waals surface area contributed by atoms with Crippen molar-refractivity contribution in [3.05, 3.63) is 58.2 Å². The van der Waals surface area contributed by atoms with Gasteiger partial charge in [0.05, 0.1) is 0 Å². The van der Waals surface area contributed by atoms with Crippen molar-refractivity contribution in [1.82, 2.24) is 4.98 Å². The Morgan fingerprint density at radius 2 is 1.90 bits per heavy atom. The molecule has 20 heavy (non-hydrogen) atoms. The molecule has 0 saturated carbocycles. The Morgan fingerprint density at radius 3 is 2.65 bits per heavy atom. The van der Waals surface area contributed by atoms with Gasteiger partial charge in [0.2, 0.25) is 0 Å². The Bertz CT molecular complexity index is 912. The van der Waals surface area contributed by atoms with Gasteiger partial charge in [0.25, 0.3) is 15.6 Å². The molecule has 0 aliphatic heterocycles. The van der Waals surface area contributed by atoms with Crippen LogP contribution >= 0.6 is 11.3 Å². The van der Waals surface area contributed by atoms with Gasteiger partial charge in [-0.1, -0.05) is 24.3 Å². The van der Waals surface area contributed by atoms with Gasteiger partial charge in [0, 0.05) is 10.9 Å². The van der Waals surface area contributed by atoms with Gasteiger partial charge in [-0.25, -0.2) is 8.42 Å². The summed E-state index contributed by atoms with van der Waals surface area (Å²) in [5.41, 5.74) is 0.206. The molecule has 2 N–H and O–H groups in total. The second-order valence-electron chi connectivity index (χ2n) is 4.14. The molecule has 3 aromatic rings. The van der Waals surface area contributed by atoms with Crippen LogP contribution in [0.1, 0.15) is 0 Å². The van der Waals surface area contributed by atoms with E-state index in [0.717, 1.165) is 16.7 Å². The monoisotopic (exact) mass is 306 g/mol. The van der Waals surface area contributed by atoms with Crippen molar-refractivity contribution in [1.29, 1.82) is 0 Å². The molecule has 102 valence electrons. The van der Waals surface area contributed by atoms with E-state index >= 15 is 0 Å². The van der Waals surface area contributed by atoms with Crippen LogP contribution in [0, 0.1) is 0 Å². The number of sulfonamides is 1. The summed E-state index contributed by atoms with van der Waals surface area (Å²) in [6.45, 7) is 0. The number of rotatable bonds is 3. The molecule has 0 bridgehead atoms. The van der Waals surface area contributed by atoms with Crippen molar-refractivity contribution in [3.63, 3.8) is 0 Å². The van der Waals surface area contributed by atoms with Gasteiger partial charge in [-0.2, -0.15) is 0 Å². The first-order valence-electron chi connectivity index (χ1n) is 5.75. The van der Waals surface area contributed by atoms with Crippen LogP contribution in [0.4, 0.5) is 5.69 Å². The number of hydrogen-bond donors (Lipinski definition) is 2. The minimum atomic E-state index is -3.71. The summed E-state index contributed by atoms with van der Waals surface area (Å²) >= 11 is 1.10. The number of aromatic amines is 1. The zero-order chi connectivity index (χ0) is 14.2. The molecule has 7 heteroatoms. The second-order valence-corrected chi connectivity index (χ2v) is 6.99. The third kappa shape index (κ3) is 2.33. The number of benzene rings is 1. The molecule has 2 aromatic heterocycles. The molecular formula is C13H10N2O3S2. The van der Waals surface area contributed by atoms with Gasteiger partial charge in [-0.3, -0.25) is 9.52 Å². The van der Waals surface area contributed by atoms with Crippen molar-refractivity contribution in [2.75, 3.05) is 4.72 Å². The lowest BCUT2D eigenvalue weighted by Crippen LogP contribution is -2.19. The van der Waals surface area contributed by atoms with Crippen molar-refractivity contribution in [2.24, 2.45) is 0 Å². The van der Waals surface area contributed by atoms with Gasteiger partial charge in [0.15, 0.2) is 0 Å². The number of anilines is 1. The summed E-state index contributed by atoms with van der Waals surface area (Å²) in [7, 11) is -3.71. The summed E-state index contributed by atoms with van der Waals surface area (Å²) in [6.07, 6.45) is 0. The summed E-state index contributed by atoms with van der Waals surface area (Å²) in [5.74, 6) is 0. The Balaban J connectivity index is 2.07. The van der Waals surface area contributed by atoms with Gasteiger partial charge >= 0.3 is 0 Å². The average Bonchev–Trinajstić information content (AvgIpc) is 2.94. The lowest BCUT2D eigenvalue weighted by atomic mass is 10.2. The molecule has 0 fully saturated rings. The zero-order valence-electron chi connectivity index (χ0n) is 10.2. The number of fused-ring (bicyclic) bond motifs is 1. The van der Waals surface area contributed by atoms with Crippen LogP contribution in [0.3, 0.4) is 0 Å². The van der Waals surface area contributed by atoms with Crippen LogP contribution in [0.2, 0.25) is 0 Å². The maximum Gasteiger partial charge on any atom is 0.272 e. The molecule has 0 radical (unpaired) electrons. The standard InChI is InChI=1S/C13H10N2O3S2/c16-13-11(8-9-4-1-2-5-10(9)14-13)15-20(17,18)12-6-3-7-19-12/h1-8,15H,(H,14,16). The first-order chi connectivity index (χ1) is 9.56. The molecule has 5 nitrogen and oxygen atoms in total. The first-order valence-corrected chi connectivity index (χ1v) is 8.11. The molecule has 1 aromatic carbocycles. The number of pyridine rings is 1. The Morgan fingerprint density at radius 1 is 1.10 bits per heavy atom. The topological polar surface area (TPSA) is 79.0 Å². The van der Waals surface area contributed by atoms with E-state index < -0.39 is 15.6 Å². The molecule has 0 saturated heterocycles. The zero-order valence-corrected chi connectivity index (χ0v) is 11.8. The van der Waals surface area contributed by atoms with Crippen LogP contribution in [0.15, 0.2) is 56.8 Å².